The second-order valence-electron chi connectivity index (χ2n) is 4.95. The van der Waals surface area contributed by atoms with Crippen molar-refractivity contribution in [3.8, 4) is 0 Å². The molecule has 0 bridgehead atoms. The number of rotatable bonds is 4. The Hall–Kier alpha value is -2.69. The van der Waals surface area contributed by atoms with Gasteiger partial charge in [-0.2, -0.15) is 0 Å². The number of carbonyl (C=O) groups is 2. The third kappa shape index (κ3) is 3.66. The average molecular weight is 283 g/mol. The van der Waals surface area contributed by atoms with E-state index in [0.717, 1.165) is 11.3 Å². The second-order valence-corrected chi connectivity index (χ2v) is 4.95. The van der Waals surface area contributed by atoms with Crippen LogP contribution in [-0.2, 0) is 4.79 Å². The van der Waals surface area contributed by atoms with Gasteiger partial charge in [0.1, 0.15) is 5.82 Å². The predicted molar refractivity (Wildman–Crippen MR) is 82.7 cm³/mol. The molecule has 0 radical (unpaired) electrons. The molecule has 2 rings (SSSR count). The molecular formula is C16H17N3O2. The summed E-state index contributed by atoms with van der Waals surface area (Å²) in [6, 6.07) is 10.4. The Labute approximate surface area is 123 Å². The molecule has 1 N–H and O–H groups in total. The van der Waals surface area contributed by atoms with Gasteiger partial charge in [0.25, 0.3) is 11.7 Å². The number of hydrogen-bond acceptors (Lipinski definition) is 4. The van der Waals surface area contributed by atoms with Gasteiger partial charge >= 0.3 is 0 Å². The van der Waals surface area contributed by atoms with Crippen LogP contribution in [0.25, 0.3) is 0 Å². The van der Waals surface area contributed by atoms with Crippen molar-refractivity contribution in [2.45, 2.75) is 6.92 Å². The van der Waals surface area contributed by atoms with Gasteiger partial charge < -0.3 is 10.2 Å². The van der Waals surface area contributed by atoms with Gasteiger partial charge in [-0.3, -0.25) is 9.59 Å². The van der Waals surface area contributed by atoms with E-state index in [4.69, 9.17) is 0 Å². The van der Waals surface area contributed by atoms with Crippen LogP contribution in [0, 0.1) is 6.92 Å². The summed E-state index contributed by atoms with van der Waals surface area (Å²) in [5, 5.41) is 2.50. The monoisotopic (exact) mass is 283 g/mol. The third-order valence-electron chi connectivity index (χ3n) is 3.03. The largest absolute Gasteiger partial charge is 0.376 e. The molecule has 1 amide bonds. The molecule has 0 saturated carbocycles. The zero-order valence-corrected chi connectivity index (χ0v) is 12.3. The highest BCUT2D eigenvalue weighted by Crippen LogP contribution is 2.12. The number of aromatic nitrogens is 1. The molecule has 21 heavy (non-hydrogen) atoms. The minimum atomic E-state index is -0.691. The van der Waals surface area contributed by atoms with Crippen LogP contribution < -0.4 is 10.2 Å². The summed E-state index contributed by atoms with van der Waals surface area (Å²) in [6.07, 6.45) is 1.63. The molecule has 1 aromatic heterocycles. The van der Waals surface area contributed by atoms with Crippen LogP contribution in [0.1, 0.15) is 15.9 Å². The van der Waals surface area contributed by atoms with Crippen LogP contribution >= 0.6 is 0 Å². The number of aryl methyl sites for hydroxylation is 1. The second kappa shape index (κ2) is 6.17. The number of hydrogen-bond donors (Lipinski definition) is 1. The van der Waals surface area contributed by atoms with Gasteiger partial charge in [0.15, 0.2) is 0 Å². The van der Waals surface area contributed by atoms with Crippen molar-refractivity contribution >= 4 is 23.2 Å². The number of ketones is 1. The predicted octanol–water partition coefficient (Wildman–Crippen LogP) is 2.28. The van der Waals surface area contributed by atoms with E-state index < -0.39 is 11.7 Å². The van der Waals surface area contributed by atoms with E-state index >= 15 is 0 Å². The summed E-state index contributed by atoms with van der Waals surface area (Å²) in [5.41, 5.74) is 2.31. The Balaban J connectivity index is 2.07. The van der Waals surface area contributed by atoms with Crippen molar-refractivity contribution < 1.29 is 9.59 Å². The molecule has 5 nitrogen and oxygen atoms in total. The molecule has 0 spiro atoms. The molecular weight excluding hydrogens is 266 g/mol. The van der Waals surface area contributed by atoms with E-state index in [1.54, 1.807) is 36.5 Å². The van der Waals surface area contributed by atoms with Crippen LogP contribution in [0.3, 0.4) is 0 Å². The number of nitrogens with zero attached hydrogens (tertiary/aromatic N) is 2. The summed E-state index contributed by atoms with van der Waals surface area (Å²) in [7, 11) is 3.80. The van der Waals surface area contributed by atoms with Crippen molar-refractivity contribution in [2.75, 3.05) is 24.3 Å². The van der Waals surface area contributed by atoms with E-state index in [2.05, 4.69) is 10.3 Å². The van der Waals surface area contributed by atoms with Gasteiger partial charge in [-0.25, -0.2) is 4.98 Å². The lowest BCUT2D eigenvalue weighted by atomic mass is 10.1. The van der Waals surface area contributed by atoms with Gasteiger partial charge in [0.05, 0.1) is 11.9 Å². The number of Topliss-reactive ketones (excluding diaryl/α,β-unsaturated/α-hetero) is 1. The first kappa shape index (κ1) is 14.7. The molecule has 0 aliphatic heterocycles. The Morgan fingerprint density at radius 1 is 1.05 bits per heavy atom. The normalized spacial score (nSPS) is 10.0. The van der Waals surface area contributed by atoms with Gasteiger partial charge in [-0.15, -0.1) is 0 Å². The Bertz CT molecular complexity index is 646. The lowest BCUT2D eigenvalue weighted by molar-refractivity contribution is -0.112. The zero-order chi connectivity index (χ0) is 15.4. The minimum Gasteiger partial charge on any atom is -0.376 e. The molecule has 2 aromatic rings. The van der Waals surface area contributed by atoms with Gasteiger partial charge in [-0.1, -0.05) is 29.8 Å². The van der Waals surface area contributed by atoms with E-state index in [1.165, 1.54) is 0 Å². The summed E-state index contributed by atoms with van der Waals surface area (Å²) in [4.78, 5) is 29.9. The van der Waals surface area contributed by atoms with Crippen LogP contribution in [0.4, 0.5) is 11.5 Å². The molecule has 1 aromatic carbocycles. The molecule has 0 aliphatic carbocycles. The molecule has 0 aliphatic rings. The Morgan fingerprint density at radius 3 is 2.24 bits per heavy atom. The maximum absolute atomic E-state index is 12.0. The Morgan fingerprint density at radius 2 is 1.71 bits per heavy atom. The number of amides is 1. The number of benzene rings is 1. The highest BCUT2D eigenvalue weighted by Gasteiger charge is 2.16. The summed E-state index contributed by atoms with van der Waals surface area (Å²) >= 11 is 0. The SMILES string of the molecule is Cc1ccc(C(=O)C(=O)Nc2ccc(N(C)C)cn2)cc1. The average Bonchev–Trinajstić information content (AvgIpc) is 2.47. The van der Waals surface area contributed by atoms with Gasteiger partial charge in [0.2, 0.25) is 0 Å². The van der Waals surface area contributed by atoms with E-state index in [9.17, 15) is 9.59 Å². The maximum Gasteiger partial charge on any atom is 0.297 e. The fourth-order valence-electron chi connectivity index (χ4n) is 1.73. The van der Waals surface area contributed by atoms with E-state index in [-0.39, 0.29) is 0 Å². The Kier molecular flexibility index (Phi) is 4.33. The van der Waals surface area contributed by atoms with Crippen LogP contribution in [-0.4, -0.2) is 30.8 Å². The summed E-state index contributed by atoms with van der Waals surface area (Å²) in [6.45, 7) is 1.92. The lowest BCUT2D eigenvalue weighted by Crippen LogP contribution is -2.23. The summed E-state index contributed by atoms with van der Waals surface area (Å²) in [5.74, 6) is -0.913. The molecule has 0 saturated heterocycles. The van der Waals surface area contributed by atoms with Crippen molar-refractivity contribution in [2.24, 2.45) is 0 Å². The third-order valence-corrected chi connectivity index (χ3v) is 3.03. The number of nitrogens with one attached hydrogen (secondary N) is 1. The zero-order valence-electron chi connectivity index (χ0n) is 12.3. The van der Waals surface area contributed by atoms with Crippen LogP contribution in [0.2, 0.25) is 0 Å². The van der Waals surface area contributed by atoms with Crippen molar-refractivity contribution in [3.05, 3.63) is 53.7 Å². The number of carbonyl (C=O) groups excluding carboxylic acids is 2. The summed E-state index contributed by atoms with van der Waals surface area (Å²) < 4.78 is 0. The highest BCUT2D eigenvalue weighted by molar-refractivity contribution is 6.46. The maximum atomic E-state index is 12.0. The fourth-order valence-corrected chi connectivity index (χ4v) is 1.73. The first-order valence-electron chi connectivity index (χ1n) is 6.53. The molecule has 1 heterocycles. The van der Waals surface area contributed by atoms with Crippen molar-refractivity contribution in [3.63, 3.8) is 0 Å². The van der Waals surface area contributed by atoms with E-state index in [1.807, 2.05) is 32.0 Å². The first-order valence-corrected chi connectivity index (χ1v) is 6.53. The molecule has 5 heteroatoms. The number of pyridine rings is 1. The van der Waals surface area contributed by atoms with Crippen LogP contribution in [0.15, 0.2) is 42.6 Å². The topological polar surface area (TPSA) is 62.3 Å². The smallest absolute Gasteiger partial charge is 0.297 e. The number of anilines is 2. The van der Waals surface area contributed by atoms with E-state index in [0.29, 0.717) is 11.4 Å². The molecule has 0 unspecified atom stereocenters. The van der Waals surface area contributed by atoms with Gasteiger partial charge in [0, 0.05) is 19.7 Å². The van der Waals surface area contributed by atoms with Gasteiger partial charge in [-0.05, 0) is 19.1 Å². The quantitative estimate of drug-likeness (QED) is 0.690. The standard InChI is InChI=1S/C16H17N3O2/c1-11-4-6-12(7-5-11)15(20)16(21)18-14-9-8-13(10-17-14)19(2)3/h4-10H,1-3H3,(H,17,18,21). The van der Waals surface area contributed by atoms with Crippen molar-refractivity contribution in [1.82, 2.24) is 4.98 Å². The highest BCUT2D eigenvalue weighted by atomic mass is 16.2. The fraction of sp³-hybridized carbons (Fsp3) is 0.188. The first-order chi connectivity index (χ1) is 9.97. The van der Waals surface area contributed by atoms with Crippen LogP contribution in [0.5, 0.6) is 0 Å². The molecule has 0 fully saturated rings. The lowest BCUT2D eigenvalue weighted by Gasteiger charge is -2.12. The molecule has 108 valence electrons. The molecule has 0 atom stereocenters. The van der Waals surface area contributed by atoms with Crippen molar-refractivity contribution in [1.29, 1.82) is 0 Å². The minimum absolute atomic E-state index is 0.353.